The van der Waals surface area contributed by atoms with E-state index in [9.17, 15) is 5.11 Å². The summed E-state index contributed by atoms with van der Waals surface area (Å²) in [5.41, 5.74) is 2.64. The predicted octanol–water partition coefficient (Wildman–Crippen LogP) is 2.78. The summed E-state index contributed by atoms with van der Waals surface area (Å²) in [6, 6.07) is 10.1. The van der Waals surface area contributed by atoms with Crippen molar-refractivity contribution in [3.63, 3.8) is 0 Å². The number of nitrogens with one attached hydrogen (secondary N) is 1. The first kappa shape index (κ1) is 17.7. The lowest BCUT2D eigenvalue weighted by molar-refractivity contribution is 0.145. The highest BCUT2D eigenvalue weighted by atomic mass is 16.3. The zero-order valence-electron chi connectivity index (χ0n) is 15.2. The Hall–Kier alpha value is -1.10. The molecule has 4 nitrogen and oxygen atoms in total. The van der Waals surface area contributed by atoms with E-state index in [1.54, 1.807) is 0 Å². The van der Waals surface area contributed by atoms with Gasteiger partial charge in [0.25, 0.3) is 0 Å². The molecule has 0 amide bonds. The van der Waals surface area contributed by atoms with Crippen molar-refractivity contribution in [3.05, 3.63) is 29.8 Å². The minimum Gasteiger partial charge on any atom is -0.393 e. The Bertz CT molecular complexity index is 496. The van der Waals surface area contributed by atoms with E-state index in [1.165, 1.54) is 37.2 Å². The minimum atomic E-state index is -0.108. The van der Waals surface area contributed by atoms with Gasteiger partial charge in [0.1, 0.15) is 0 Å². The molecule has 134 valence electrons. The molecular weight excluding hydrogens is 298 g/mol. The average molecular weight is 332 g/mol. The summed E-state index contributed by atoms with van der Waals surface area (Å²) in [6.07, 6.45) is 4.33. The number of hydrogen-bond acceptors (Lipinski definition) is 4. The van der Waals surface area contributed by atoms with Gasteiger partial charge in [0.05, 0.1) is 6.10 Å². The van der Waals surface area contributed by atoms with E-state index >= 15 is 0 Å². The van der Waals surface area contributed by atoms with Gasteiger partial charge in [-0.2, -0.15) is 0 Å². The zero-order valence-corrected chi connectivity index (χ0v) is 15.2. The van der Waals surface area contributed by atoms with Crippen LogP contribution in [0, 0.1) is 0 Å². The molecule has 2 heterocycles. The summed E-state index contributed by atoms with van der Waals surface area (Å²) < 4.78 is 0. The van der Waals surface area contributed by atoms with Gasteiger partial charge in [-0.1, -0.05) is 19.1 Å². The number of anilines is 1. The highest BCUT2D eigenvalue weighted by Crippen LogP contribution is 2.23. The molecule has 0 radical (unpaired) electrons. The molecule has 0 saturated carbocycles. The van der Waals surface area contributed by atoms with Crippen molar-refractivity contribution in [2.45, 2.75) is 57.7 Å². The van der Waals surface area contributed by atoms with Crippen molar-refractivity contribution < 1.29 is 5.11 Å². The standard InChI is InChI=1S/C20H33N3O/c1-3-22-12-4-5-19(22)15-21-16(2)17-6-8-18(9-7-17)23-13-10-20(24)11-14-23/h6-9,16,19-21,24H,3-5,10-15H2,1-2H3. The topological polar surface area (TPSA) is 38.7 Å². The summed E-state index contributed by atoms with van der Waals surface area (Å²) in [6.45, 7) is 9.96. The Morgan fingerprint density at radius 3 is 2.50 bits per heavy atom. The third kappa shape index (κ3) is 4.29. The van der Waals surface area contributed by atoms with Crippen molar-refractivity contribution in [1.29, 1.82) is 0 Å². The van der Waals surface area contributed by atoms with Gasteiger partial charge in [-0.25, -0.2) is 0 Å². The maximum absolute atomic E-state index is 9.64. The Morgan fingerprint density at radius 1 is 1.12 bits per heavy atom. The second-order valence-electron chi connectivity index (χ2n) is 7.36. The van der Waals surface area contributed by atoms with Crippen LogP contribution in [0.3, 0.4) is 0 Å². The van der Waals surface area contributed by atoms with Gasteiger partial charge in [0, 0.05) is 37.4 Å². The highest BCUT2D eigenvalue weighted by molar-refractivity contribution is 5.48. The quantitative estimate of drug-likeness (QED) is 0.841. The van der Waals surface area contributed by atoms with Crippen LogP contribution >= 0.6 is 0 Å². The summed E-state index contributed by atoms with van der Waals surface area (Å²) in [5, 5.41) is 13.4. The van der Waals surface area contributed by atoms with E-state index in [0.29, 0.717) is 12.1 Å². The first-order valence-corrected chi connectivity index (χ1v) is 9.67. The van der Waals surface area contributed by atoms with Crippen molar-refractivity contribution in [2.75, 3.05) is 37.6 Å². The number of nitrogens with zero attached hydrogens (tertiary/aromatic N) is 2. The summed E-state index contributed by atoms with van der Waals surface area (Å²) in [7, 11) is 0. The van der Waals surface area contributed by atoms with E-state index in [1.807, 2.05) is 0 Å². The third-order valence-corrected chi connectivity index (χ3v) is 5.79. The van der Waals surface area contributed by atoms with Crippen LogP contribution in [0.5, 0.6) is 0 Å². The van der Waals surface area contributed by atoms with Crippen LogP contribution in [0.25, 0.3) is 0 Å². The molecule has 0 spiro atoms. The van der Waals surface area contributed by atoms with E-state index < -0.39 is 0 Å². The lowest BCUT2D eigenvalue weighted by Gasteiger charge is -2.31. The first-order chi connectivity index (χ1) is 11.7. The fourth-order valence-corrected chi connectivity index (χ4v) is 4.07. The number of aliphatic hydroxyl groups is 1. The molecule has 0 aliphatic carbocycles. The molecule has 2 unspecified atom stereocenters. The second-order valence-corrected chi connectivity index (χ2v) is 7.36. The van der Waals surface area contributed by atoms with Crippen LogP contribution in [0.2, 0.25) is 0 Å². The number of aliphatic hydroxyl groups excluding tert-OH is 1. The van der Waals surface area contributed by atoms with Crippen molar-refractivity contribution in [1.82, 2.24) is 10.2 Å². The molecule has 1 aromatic rings. The van der Waals surface area contributed by atoms with Gasteiger partial charge in [-0.15, -0.1) is 0 Å². The van der Waals surface area contributed by atoms with Crippen molar-refractivity contribution in [2.24, 2.45) is 0 Å². The first-order valence-electron chi connectivity index (χ1n) is 9.67. The molecule has 2 fully saturated rings. The molecule has 3 rings (SSSR count). The van der Waals surface area contributed by atoms with E-state index in [-0.39, 0.29) is 6.10 Å². The van der Waals surface area contributed by atoms with Crippen LogP contribution in [-0.4, -0.2) is 54.9 Å². The molecule has 0 aromatic heterocycles. The van der Waals surface area contributed by atoms with Crippen LogP contribution in [-0.2, 0) is 0 Å². The molecule has 2 N–H and O–H groups in total. The summed E-state index contributed by atoms with van der Waals surface area (Å²) in [4.78, 5) is 4.97. The molecule has 0 bridgehead atoms. The van der Waals surface area contributed by atoms with Crippen molar-refractivity contribution in [3.8, 4) is 0 Å². The fraction of sp³-hybridized carbons (Fsp3) is 0.700. The largest absolute Gasteiger partial charge is 0.393 e. The van der Waals surface area contributed by atoms with Crippen LogP contribution in [0.15, 0.2) is 24.3 Å². The maximum atomic E-state index is 9.64. The lowest BCUT2D eigenvalue weighted by Crippen LogP contribution is -2.38. The fourth-order valence-electron chi connectivity index (χ4n) is 4.07. The lowest BCUT2D eigenvalue weighted by atomic mass is 10.0. The molecule has 24 heavy (non-hydrogen) atoms. The van der Waals surface area contributed by atoms with Gasteiger partial charge < -0.3 is 15.3 Å². The SMILES string of the molecule is CCN1CCCC1CNC(C)c1ccc(N2CCC(O)CC2)cc1. The molecule has 4 heteroatoms. The van der Waals surface area contributed by atoms with Gasteiger partial charge in [-0.3, -0.25) is 4.90 Å². The molecule has 2 atom stereocenters. The number of hydrogen-bond donors (Lipinski definition) is 2. The number of rotatable bonds is 6. The van der Waals surface area contributed by atoms with Gasteiger partial charge >= 0.3 is 0 Å². The zero-order chi connectivity index (χ0) is 16.9. The number of benzene rings is 1. The normalized spacial score (nSPS) is 24.5. The highest BCUT2D eigenvalue weighted by Gasteiger charge is 2.23. The van der Waals surface area contributed by atoms with E-state index in [2.05, 4.69) is 53.2 Å². The van der Waals surface area contributed by atoms with Gasteiger partial charge in [0.2, 0.25) is 0 Å². The summed E-state index contributed by atoms with van der Waals surface area (Å²) >= 11 is 0. The second kappa shape index (κ2) is 8.32. The Morgan fingerprint density at radius 2 is 1.83 bits per heavy atom. The summed E-state index contributed by atoms with van der Waals surface area (Å²) in [5.74, 6) is 0. The third-order valence-electron chi connectivity index (χ3n) is 5.79. The van der Waals surface area contributed by atoms with E-state index in [0.717, 1.165) is 32.5 Å². The van der Waals surface area contributed by atoms with Gasteiger partial charge in [-0.05, 0) is 63.4 Å². The molecule has 2 saturated heterocycles. The molecule has 2 aliphatic heterocycles. The Labute approximate surface area is 146 Å². The van der Waals surface area contributed by atoms with Crippen LogP contribution in [0.4, 0.5) is 5.69 Å². The van der Waals surface area contributed by atoms with E-state index in [4.69, 9.17) is 0 Å². The van der Waals surface area contributed by atoms with Gasteiger partial charge in [0.15, 0.2) is 0 Å². The smallest absolute Gasteiger partial charge is 0.0574 e. The molecular formula is C20H33N3O. The number of likely N-dealkylation sites (N-methyl/N-ethyl adjacent to an activating group) is 1. The van der Waals surface area contributed by atoms with Crippen molar-refractivity contribution >= 4 is 5.69 Å². The molecule has 2 aliphatic rings. The van der Waals surface area contributed by atoms with Crippen LogP contribution in [0.1, 0.15) is 51.1 Å². The number of piperidine rings is 1. The minimum absolute atomic E-state index is 0.108. The molecule has 1 aromatic carbocycles. The maximum Gasteiger partial charge on any atom is 0.0574 e. The Balaban J connectivity index is 1.51. The monoisotopic (exact) mass is 331 g/mol. The average Bonchev–Trinajstić information content (AvgIpc) is 3.08. The predicted molar refractivity (Wildman–Crippen MR) is 101 cm³/mol. The number of likely N-dealkylation sites (tertiary alicyclic amines) is 1. The van der Waals surface area contributed by atoms with Crippen LogP contribution < -0.4 is 10.2 Å². The Kier molecular flexibility index (Phi) is 6.14.